The van der Waals surface area contributed by atoms with Crippen LogP contribution in [0.25, 0.3) is 0 Å². The van der Waals surface area contributed by atoms with E-state index in [1.165, 1.54) is 6.42 Å². The molecule has 96 valence electrons. The molecular formula is C15H19NO2. The normalized spacial score (nSPS) is 17.1. The Labute approximate surface area is 107 Å². The molecule has 2 rings (SSSR count). The summed E-state index contributed by atoms with van der Waals surface area (Å²) in [6.45, 7) is 0. The summed E-state index contributed by atoms with van der Waals surface area (Å²) in [5.41, 5.74) is 7.84. The van der Waals surface area contributed by atoms with Crippen LogP contribution >= 0.6 is 0 Å². The Balaban J connectivity index is 1.98. The highest BCUT2D eigenvalue weighted by Crippen LogP contribution is 2.20. The summed E-state index contributed by atoms with van der Waals surface area (Å²) < 4.78 is 0. The second-order valence-corrected chi connectivity index (χ2v) is 4.82. The molecule has 0 amide bonds. The van der Waals surface area contributed by atoms with Crippen molar-refractivity contribution >= 4 is 5.78 Å². The SMILES string of the molecule is NC(Cc1ccc(O)cc1)C(=O)C1=CCCCC1. The highest BCUT2D eigenvalue weighted by atomic mass is 16.3. The number of carbonyl (C=O) groups is 1. The van der Waals surface area contributed by atoms with Crippen LogP contribution in [0.4, 0.5) is 0 Å². The quantitative estimate of drug-likeness (QED) is 0.855. The van der Waals surface area contributed by atoms with Crippen molar-refractivity contribution in [3.8, 4) is 5.75 Å². The molecule has 0 heterocycles. The Morgan fingerprint density at radius 2 is 2.00 bits per heavy atom. The minimum atomic E-state index is -0.473. The number of nitrogens with two attached hydrogens (primary N) is 1. The molecule has 1 aromatic rings. The fourth-order valence-corrected chi connectivity index (χ4v) is 2.28. The summed E-state index contributed by atoms with van der Waals surface area (Å²) in [6, 6.07) is 6.37. The Bertz CT molecular complexity index is 448. The Kier molecular flexibility index (Phi) is 4.15. The minimum absolute atomic E-state index is 0.0720. The standard InChI is InChI=1S/C15H19NO2/c16-14(10-11-6-8-13(17)9-7-11)15(18)12-4-2-1-3-5-12/h4,6-9,14,17H,1-3,5,10,16H2. The zero-order valence-electron chi connectivity index (χ0n) is 10.4. The average Bonchev–Trinajstić information content (AvgIpc) is 2.41. The van der Waals surface area contributed by atoms with Gasteiger partial charge in [-0.1, -0.05) is 18.2 Å². The van der Waals surface area contributed by atoms with Crippen molar-refractivity contribution < 1.29 is 9.90 Å². The van der Waals surface area contributed by atoms with Crippen LogP contribution in [0.2, 0.25) is 0 Å². The summed E-state index contributed by atoms with van der Waals surface area (Å²) in [4.78, 5) is 12.1. The Hall–Kier alpha value is -1.61. The van der Waals surface area contributed by atoms with Crippen molar-refractivity contribution in [2.75, 3.05) is 0 Å². The molecular weight excluding hydrogens is 226 g/mol. The molecule has 1 aliphatic rings. The molecule has 3 heteroatoms. The van der Waals surface area contributed by atoms with E-state index < -0.39 is 6.04 Å². The molecule has 1 unspecified atom stereocenters. The largest absolute Gasteiger partial charge is 0.508 e. The summed E-state index contributed by atoms with van der Waals surface area (Å²) in [7, 11) is 0. The first-order chi connectivity index (χ1) is 8.66. The number of phenols is 1. The number of rotatable bonds is 4. The minimum Gasteiger partial charge on any atom is -0.508 e. The van der Waals surface area contributed by atoms with Gasteiger partial charge in [-0.15, -0.1) is 0 Å². The third-order valence-corrected chi connectivity index (χ3v) is 3.34. The lowest BCUT2D eigenvalue weighted by molar-refractivity contribution is -0.117. The number of Topliss-reactive ketones (excluding diaryl/α,β-unsaturated/α-hetero) is 1. The molecule has 0 saturated carbocycles. The van der Waals surface area contributed by atoms with Gasteiger partial charge in [0.25, 0.3) is 0 Å². The van der Waals surface area contributed by atoms with Crippen LogP contribution in [0, 0.1) is 0 Å². The maximum Gasteiger partial charge on any atom is 0.175 e. The van der Waals surface area contributed by atoms with Gasteiger partial charge in [0.1, 0.15) is 5.75 Å². The van der Waals surface area contributed by atoms with Crippen molar-refractivity contribution in [2.24, 2.45) is 5.73 Å². The lowest BCUT2D eigenvalue weighted by atomic mass is 9.91. The van der Waals surface area contributed by atoms with Gasteiger partial charge in [0.2, 0.25) is 0 Å². The predicted octanol–water partition coefficient (Wildman–Crippen LogP) is 2.33. The molecule has 0 aromatic heterocycles. The number of hydrogen-bond acceptors (Lipinski definition) is 3. The van der Waals surface area contributed by atoms with Crippen LogP contribution in [0.1, 0.15) is 31.2 Å². The van der Waals surface area contributed by atoms with Crippen LogP contribution in [0.3, 0.4) is 0 Å². The van der Waals surface area contributed by atoms with Crippen molar-refractivity contribution in [1.82, 2.24) is 0 Å². The fraction of sp³-hybridized carbons (Fsp3) is 0.400. The van der Waals surface area contributed by atoms with E-state index in [0.717, 1.165) is 30.4 Å². The summed E-state index contributed by atoms with van der Waals surface area (Å²) in [5.74, 6) is 0.302. The lowest BCUT2D eigenvalue weighted by Gasteiger charge is -2.16. The van der Waals surface area contributed by atoms with Crippen molar-refractivity contribution in [3.63, 3.8) is 0 Å². The van der Waals surface area contributed by atoms with Gasteiger partial charge in [0, 0.05) is 0 Å². The van der Waals surface area contributed by atoms with Gasteiger partial charge in [-0.2, -0.15) is 0 Å². The predicted molar refractivity (Wildman–Crippen MR) is 71.3 cm³/mol. The molecule has 0 spiro atoms. The van der Waals surface area contributed by atoms with Crippen LogP contribution in [-0.4, -0.2) is 16.9 Å². The highest BCUT2D eigenvalue weighted by molar-refractivity contribution is 5.99. The second-order valence-electron chi connectivity index (χ2n) is 4.82. The van der Waals surface area contributed by atoms with Gasteiger partial charge in [0.15, 0.2) is 5.78 Å². The highest BCUT2D eigenvalue weighted by Gasteiger charge is 2.19. The van der Waals surface area contributed by atoms with E-state index in [1.54, 1.807) is 24.3 Å². The van der Waals surface area contributed by atoms with E-state index in [2.05, 4.69) is 0 Å². The number of hydrogen-bond donors (Lipinski definition) is 2. The molecule has 3 N–H and O–H groups in total. The number of carbonyl (C=O) groups excluding carboxylic acids is 1. The summed E-state index contributed by atoms with van der Waals surface area (Å²) in [5, 5.41) is 9.20. The van der Waals surface area contributed by atoms with Gasteiger partial charge in [-0.25, -0.2) is 0 Å². The first-order valence-electron chi connectivity index (χ1n) is 6.43. The smallest absolute Gasteiger partial charge is 0.175 e. The Morgan fingerprint density at radius 3 is 2.61 bits per heavy atom. The molecule has 1 aliphatic carbocycles. The maximum atomic E-state index is 12.1. The molecule has 0 saturated heterocycles. The van der Waals surface area contributed by atoms with Gasteiger partial charge in [-0.3, -0.25) is 4.79 Å². The fourth-order valence-electron chi connectivity index (χ4n) is 2.28. The van der Waals surface area contributed by atoms with E-state index in [1.807, 2.05) is 6.08 Å². The average molecular weight is 245 g/mol. The third-order valence-electron chi connectivity index (χ3n) is 3.34. The maximum absolute atomic E-state index is 12.1. The number of benzene rings is 1. The van der Waals surface area contributed by atoms with Crippen molar-refractivity contribution in [3.05, 3.63) is 41.5 Å². The van der Waals surface area contributed by atoms with Crippen molar-refractivity contribution in [1.29, 1.82) is 0 Å². The molecule has 3 nitrogen and oxygen atoms in total. The van der Waals surface area contributed by atoms with Crippen LogP contribution in [0.5, 0.6) is 5.75 Å². The Morgan fingerprint density at radius 1 is 1.28 bits per heavy atom. The zero-order chi connectivity index (χ0) is 13.0. The molecule has 18 heavy (non-hydrogen) atoms. The number of ketones is 1. The van der Waals surface area contributed by atoms with E-state index >= 15 is 0 Å². The van der Waals surface area contributed by atoms with Crippen LogP contribution in [-0.2, 0) is 11.2 Å². The van der Waals surface area contributed by atoms with Gasteiger partial charge in [0.05, 0.1) is 6.04 Å². The van der Waals surface area contributed by atoms with E-state index in [4.69, 9.17) is 5.73 Å². The van der Waals surface area contributed by atoms with Crippen LogP contribution < -0.4 is 5.73 Å². The first kappa shape index (κ1) is 12.8. The third kappa shape index (κ3) is 3.20. The lowest BCUT2D eigenvalue weighted by Crippen LogP contribution is -2.34. The van der Waals surface area contributed by atoms with E-state index in [9.17, 15) is 9.90 Å². The molecule has 0 fully saturated rings. The molecule has 1 atom stereocenters. The molecule has 1 aromatic carbocycles. The van der Waals surface area contributed by atoms with E-state index in [-0.39, 0.29) is 11.5 Å². The summed E-state index contributed by atoms with van der Waals surface area (Å²) in [6.07, 6.45) is 6.67. The van der Waals surface area contributed by atoms with E-state index in [0.29, 0.717) is 6.42 Å². The first-order valence-corrected chi connectivity index (χ1v) is 6.43. The number of aromatic hydroxyl groups is 1. The number of phenolic OH excluding ortho intramolecular Hbond substituents is 1. The molecule has 0 aliphatic heterocycles. The summed E-state index contributed by atoms with van der Waals surface area (Å²) >= 11 is 0. The second kappa shape index (κ2) is 5.83. The zero-order valence-corrected chi connectivity index (χ0v) is 10.4. The van der Waals surface area contributed by atoms with Gasteiger partial charge in [-0.05, 0) is 55.4 Å². The van der Waals surface area contributed by atoms with Crippen LogP contribution in [0.15, 0.2) is 35.9 Å². The molecule has 0 radical (unpaired) electrons. The van der Waals surface area contributed by atoms with Crippen molar-refractivity contribution in [2.45, 2.75) is 38.1 Å². The van der Waals surface area contributed by atoms with Gasteiger partial charge < -0.3 is 10.8 Å². The molecule has 0 bridgehead atoms. The topological polar surface area (TPSA) is 63.3 Å². The van der Waals surface area contributed by atoms with Gasteiger partial charge >= 0.3 is 0 Å². The number of allylic oxidation sites excluding steroid dienone is 1. The monoisotopic (exact) mass is 245 g/mol.